The first-order chi connectivity index (χ1) is 15.8. The number of nitrogen functional groups attached to an aromatic ring is 1. The molecule has 1 atom stereocenters. The van der Waals surface area contributed by atoms with Gasteiger partial charge in [-0.3, -0.25) is 15.2 Å². The van der Waals surface area contributed by atoms with Crippen molar-refractivity contribution in [3.63, 3.8) is 0 Å². The molecule has 2 aromatic rings. The lowest BCUT2D eigenvalue weighted by molar-refractivity contribution is 0.0185. The largest absolute Gasteiger partial charge is 0.484 e. The molecule has 33 heavy (non-hydrogen) atoms. The Bertz CT molecular complexity index is 1110. The number of aromatic nitrogens is 2. The van der Waals surface area contributed by atoms with E-state index >= 15 is 0 Å². The Kier molecular flexibility index (Phi) is 5.37. The van der Waals surface area contributed by atoms with Crippen LogP contribution in [0.3, 0.4) is 0 Å². The summed E-state index contributed by atoms with van der Waals surface area (Å²) in [6, 6.07) is 4.48. The quantitative estimate of drug-likeness (QED) is 0.447. The van der Waals surface area contributed by atoms with Crippen LogP contribution in [0, 0.1) is 11.2 Å². The molecule has 1 aliphatic carbocycles. The monoisotopic (exact) mass is 454 g/mol. The number of benzene rings is 1. The molecule has 2 aliphatic heterocycles. The first-order valence-electron chi connectivity index (χ1n) is 11.0. The van der Waals surface area contributed by atoms with Gasteiger partial charge in [-0.2, -0.15) is 0 Å². The van der Waals surface area contributed by atoms with Crippen molar-refractivity contribution in [2.24, 2.45) is 5.16 Å². The molecule has 3 heterocycles. The van der Waals surface area contributed by atoms with Crippen LogP contribution in [0.4, 0.5) is 15.9 Å². The van der Waals surface area contributed by atoms with Crippen molar-refractivity contribution >= 4 is 22.9 Å². The SMILES string of the molecule is CC1=NONC1N1CCN(c2cc(C(=N)c3cc(OC4(C)CC4)c(F)cc3N)ncn2)CC1. The van der Waals surface area contributed by atoms with Gasteiger partial charge in [-0.05, 0) is 32.8 Å². The Morgan fingerprint density at radius 1 is 1.24 bits per heavy atom. The molecule has 1 aromatic heterocycles. The molecule has 2 fully saturated rings. The van der Waals surface area contributed by atoms with E-state index in [1.54, 1.807) is 6.07 Å². The lowest BCUT2D eigenvalue weighted by atomic mass is 10.0. The van der Waals surface area contributed by atoms with E-state index in [0.29, 0.717) is 11.3 Å². The fraction of sp³-hybridized carbons (Fsp3) is 0.455. The van der Waals surface area contributed by atoms with Crippen molar-refractivity contribution in [3.05, 3.63) is 41.6 Å². The smallest absolute Gasteiger partial charge is 0.167 e. The number of rotatable bonds is 6. The van der Waals surface area contributed by atoms with Crippen LogP contribution < -0.4 is 20.9 Å². The number of nitrogens with zero attached hydrogens (tertiary/aromatic N) is 5. The zero-order chi connectivity index (χ0) is 23.2. The summed E-state index contributed by atoms with van der Waals surface area (Å²) in [6.07, 6.45) is 3.18. The van der Waals surface area contributed by atoms with E-state index in [0.717, 1.165) is 50.6 Å². The van der Waals surface area contributed by atoms with E-state index in [1.165, 1.54) is 18.5 Å². The standard InChI is InChI=1S/C22H27FN8O2/c1-13-21(29-33-28-13)31-7-5-30(6-8-31)19-11-17(26-12-27-19)20(25)14-9-18(15(23)10-16(14)24)32-22(2)3-4-22/h9-12,21,25,29H,3-8,24H2,1-2H3. The van der Waals surface area contributed by atoms with Crippen LogP contribution in [0.15, 0.2) is 29.7 Å². The summed E-state index contributed by atoms with van der Waals surface area (Å²) in [6.45, 7) is 6.98. The highest BCUT2D eigenvalue weighted by Gasteiger charge is 2.40. The van der Waals surface area contributed by atoms with Crippen molar-refractivity contribution in [1.82, 2.24) is 20.3 Å². The summed E-state index contributed by atoms with van der Waals surface area (Å²) in [5, 5.41) is 12.6. The number of piperazine rings is 1. The normalized spacial score (nSPS) is 22.0. The van der Waals surface area contributed by atoms with Gasteiger partial charge in [-0.1, -0.05) is 5.16 Å². The fourth-order valence-corrected chi connectivity index (χ4v) is 4.03. The number of hydrogen-bond acceptors (Lipinski definition) is 10. The Hall–Kier alpha value is -3.31. The van der Waals surface area contributed by atoms with E-state index in [2.05, 4.69) is 30.4 Å². The minimum atomic E-state index is -0.527. The highest BCUT2D eigenvalue weighted by molar-refractivity contribution is 6.13. The third-order valence-electron chi connectivity index (χ3n) is 6.35. The molecule has 0 amide bonds. The van der Waals surface area contributed by atoms with Gasteiger partial charge in [0.05, 0.1) is 17.1 Å². The summed E-state index contributed by atoms with van der Waals surface area (Å²) in [5.74, 6) is 0.312. The molecule has 1 unspecified atom stereocenters. The van der Waals surface area contributed by atoms with E-state index in [9.17, 15) is 4.39 Å². The van der Waals surface area contributed by atoms with Crippen molar-refractivity contribution in [2.45, 2.75) is 38.5 Å². The summed E-state index contributed by atoms with van der Waals surface area (Å²) < 4.78 is 20.2. The minimum absolute atomic E-state index is 0.0166. The maximum atomic E-state index is 14.4. The summed E-state index contributed by atoms with van der Waals surface area (Å²) in [7, 11) is 0. The number of ether oxygens (including phenoxy) is 1. The summed E-state index contributed by atoms with van der Waals surface area (Å²) in [4.78, 5) is 18.1. The number of anilines is 2. The van der Waals surface area contributed by atoms with Gasteiger partial charge in [0.2, 0.25) is 0 Å². The third kappa shape index (κ3) is 4.33. The van der Waals surface area contributed by atoms with Gasteiger partial charge in [0, 0.05) is 49.6 Å². The van der Waals surface area contributed by atoms with Crippen LogP contribution in [-0.2, 0) is 4.94 Å². The van der Waals surface area contributed by atoms with Crippen molar-refractivity contribution in [2.75, 3.05) is 36.8 Å². The first kappa shape index (κ1) is 21.5. The van der Waals surface area contributed by atoms with Crippen molar-refractivity contribution in [3.8, 4) is 5.75 Å². The molecule has 5 rings (SSSR count). The predicted octanol–water partition coefficient (Wildman–Crippen LogP) is 1.90. The molecule has 1 saturated carbocycles. The number of halogens is 1. The summed E-state index contributed by atoms with van der Waals surface area (Å²) in [5.41, 5.74) is 10.6. The number of hydroxylamine groups is 1. The highest BCUT2D eigenvalue weighted by Crippen LogP contribution is 2.41. The molecule has 174 valence electrons. The fourth-order valence-electron chi connectivity index (χ4n) is 4.03. The van der Waals surface area contributed by atoms with Crippen LogP contribution in [-0.4, -0.2) is 64.2 Å². The molecule has 4 N–H and O–H groups in total. The third-order valence-corrected chi connectivity index (χ3v) is 6.35. The van der Waals surface area contributed by atoms with Crippen molar-refractivity contribution < 1.29 is 14.1 Å². The van der Waals surface area contributed by atoms with Crippen LogP contribution in [0.1, 0.15) is 37.9 Å². The Balaban J connectivity index is 1.32. The molecule has 3 aliphatic rings. The second-order valence-electron chi connectivity index (χ2n) is 8.93. The van der Waals surface area contributed by atoms with E-state index in [1.807, 2.05) is 13.8 Å². The minimum Gasteiger partial charge on any atom is -0.484 e. The van der Waals surface area contributed by atoms with Gasteiger partial charge in [-0.15, -0.1) is 5.48 Å². The van der Waals surface area contributed by atoms with Gasteiger partial charge in [-0.25, -0.2) is 14.4 Å². The molecule has 1 aromatic carbocycles. The molecular weight excluding hydrogens is 427 g/mol. The summed E-state index contributed by atoms with van der Waals surface area (Å²) >= 11 is 0. The predicted molar refractivity (Wildman–Crippen MR) is 122 cm³/mol. The number of oxime groups is 1. The number of hydrogen-bond donors (Lipinski definition) is 3. The topological polar surface area (TPSA) is 125 Å². The van der Waals surface area contributed by atoms with Gasteiger partial charge >= 0.3 is 0 Å². The van der Waals surface area contributed by atoms with Crippen LogP contribution in [0.2, 0.25) is 0 Å². The molecule has 0 bridgehead atoms. The van der Waals surface area contributed by atoms with E-state index in [-0.39, 0.29) is 28.9 Å². The zero-order valence-electron chi connectivity index (χ0n) is 18.6. The van der Waals surface area contributed by atoms with E-state index < -0.39 is 5.82 Å². The lowest BCUT2D eigenvalue weighted by Gasteiger charge is -2.37. The van der Waals surface area contributed by atoms with E-state index in [4.69, 9.17) is 20.8 Å². The van der Waals surface area contributed by atoms with Gasteiger partial charge < -0.3 is 15.4 Å². The van der Waals surface area contributed by atoms with Gasteiger partial charge in [0.15, 0.2) is 11.6 Å². The van der Waals surface area contributed by atoms with Gasteiger partial charge in [0.25, 0.3) is 0 Å². The Morgan fingerprint density at radius 3 is 2.67 bits per heavy atom. The van der Waals surface area contributed by atoms with Crippen LogP contribution >= 0.6 is 0 Å². The molecule has 1 saturated heterocycles. The van der Waals surface area contributed by atoms with Crippen LogP contribution in [0.25, 0.3) is 0 Å². The first-order valence-corrected chi connectivity index (χ1v) is 11.0. The molecule has 0 spiro atoms. The number of nitrogens with one attached hydrogen (secondary N) is 2. The molecule has 0 radical (unpaired) electrons. The lowest BCUT2D eigenvalue weighted by Crippen LogP contribution is -2.55. The average Bonchev–Trinajstić information content (AvgIpc) is 3.38. The Morgan fingerprint density at radius 2 is 2.00 bits per heavy atom. The maximum Gasteiger partial charge on any atom is 0.167 e. The molecular formula is C22H27FN8O2. The molecule has 11 heteroatoms. The Labute approximate surface area is 191 Å². The molecule has 10 nitrogen and oxygen atoms in total. The second kappa shape index (κ2) is 8.23. The number of nitrogens with two attached hydrogens (primary N) is 1. The highest BCUT2D eigenvalue weighted by atomic mass is 19.1. The zero-order valence-corrected chi connectivity index (χ0v) is 18.6. The second-order valence-corrected chi connectivity index (χ2v) is 8.93. The maximum absolute atomic E-state index is 14.4. The van der Waals surface area contributed by atoms with Crippen molar-refractivity contribution in [1.29, 1.82) is 5.41 Å². The van der Waals surface area contributed by atoms with Crippen LogP contribution in [0.5, 0.6) is 5.75 Å². The van der Waals surface area contributed by atoms with Gasteiger partial charge in [0.1, 0.15) is 23.9 Å². The average molecular weight is 455 g/mol.